The lowest BCUT2D eigenvalue weighted by Gasteiger charge is -2.42. The SMILES string of the molecule is OCCCCNCC1(SSC2(CCNCCCO)CCCCC2)CCCCC1. The summed E-state index contributed by atoms with van der Waals surface area (Å²) in [6.07, 6.45) is 17.9. The molecule has 0 aromatic rings. The van der Waals surface area contributed by atoms with E-state index in [9.17, 15) is 0 Å². The number of nitrogens with one attached hydrogen (secondary N) is 2. The molecule has 4 nitrogen and oxygen atoms in total. The van der Waals surface area contributed by atoms with E-state index in [1.807, 2.05) is 0 Å². The summed E-state index contributed by atoms with van der Waals surface area (Å²) in [4.78, 5) is 0. The zero-order valence-electron chi connectivity index (χ0n) is 17.9. The molecule has 6 heteroatoms. The standard InChI is InChI=1S/C22H44N2O2S2/c25-18-8-7-15-24-20-22(12-5-2-6-13-22)28-27-21(10-3-1-4-11-21)14-17-23-16-9-19-26/h23-26H,1-20H2. The van der Waals surface area contributed by atoms with Crippen LogP contribution in [0.1, 0.15) is 89.9 Å². The first-order chi connectivity index (χ1) is 13.7. The lowest BCUT2D eigenvalue weighted by Crippen LogP contribution is -2.40. The number of hydrogen-bond donors (Lipinski definition) is 4. The van der Waals surface area contributed by atoms with Gasteiger partial charge in [0, 0.05) is 29.3 Å². The molecule has 2 rings (SSSR count). The van der Waals surface area contributed by atoms with Gasteiger partial charge in [0.1, 0.15) is 0 Å². The molecule has 0 aromatic carbocycles. The molecule has 0 aliphatic heterocycles. The summed E-state index contributed by atoms with van der Waals surface area (Å²) in [5, 5.41) is 25.2. The molecule has 2 aliphatic carbocycles. The average molecular weight is 433 g/mol. The Morgan fingerprint density at radius 3 is 1.82 bits per heavy atom. The number of hydrogen-bond acceptors (Lipinski definition) is 6. The largest absolute Gasteiger partial charge is 0.396 e. The normalized spacial score (nSPS) is 21.6. The quantitative estimate of drug-likeness (QED) is 0.226. The fraction of sp³-hybridized carbons (Fsp3) is 1.00. The number of aliphatic hydroxyl groups is 2. The third-order valence-corrected chi connectivity index (χ3v) is 10.7. The minimum atomic E-state index is 0.288. The van der Waals surface area contributed by atoms with Crippen molar-refractivity contribution in [1.82, 2.24) is 10.6 Å². The second-order valence-corrected chi connectivity index (χ2v) is 11.9. The summed E-state index contributed by atoms with van der Waals surface area (Å²) in [7, 11) is 4.45. The van der Waals surface area contributed by atoms with Crippen molar-refractivity contribution in [2.24, 2.45) is 0 Å². The Labute approximate surface area is 181 Å². The molecule has 0 amide bonds. The molecule has 0 bridgehead atoms. The van der Waals surface area contributed by atoms with E-state index in [0.29, 0.717) is 16.1 Å². The Morgan fingerprint density at radius 1 is 0.607 bits per heavy atom. The van der Waals surface area contributed by atoms with Crippen molar-refractivity contribution in [2.45, 2.75) is 99.4 Å². The molecule has 0 unspecified atom stereocenters. The van der Waals surface area contributed by atoms with Crippen LogP contribution in [-0.4, -0.2) is 59.1 Å². The maximum Gasteiger partial charge on any atom is 0.0443 e. The van der Waals surface area contributed by atoms with Crippen LogP contribution in [0.2, 0.25) is 0 Å². The number of unbranched alkanes of at least 4 members (excludes halogenated alkanes) is 1. The van der Waals surface area contributed by atoms with E-state index < -0.39 is 0 Å². The summed E-state index contributed by atoms with van der Waals surface area (Å²) >= 11 is 0. The maximum atomic E-state index is 8.99. The van der Waals surface area contributed by atoms with Gasteiger partial charge in [-0.2, -0.15) is 0 Å². The summed E-state index contributed by atoms with van der Waals surface area (Å²) in [5.41, 5.74) is 0. The van der Waals surface area contributed by atoms with E-state index in [0.717, 1.165) is 45.4 Å². The van der Waals surface area contributed by atoms with Gasteiger partial charge < -0.3 is 20.8 Å². The predicted molar refractivity (Wildman–Crippen MR) is 125 cm³/mol. The van der Waals surface area contributed by atoms with E-state index >= 15 is 0 Å². The molecule has 0 spiro atoms. The smallest absolute Gasteiger partial charge is 0.0443 e. The average Bonchev–Trinajstić information content (AvgIpc) is 2.74. The molecule has 0 saturated heterocycles. The van der Waals surface area contributed by atoms with Gasteiger partial charge >= 0.3 is 0 Å². The minimum absolute atomic E-state index is 0.288. The van der Waals surface area contributed by atoms with Crippen molar-refractivity contribution >= 4 is 21.6 Å². The van der Waals surface area contributed by atoms with E-state index in [-0.39, 0.29) is 6.61 Å². The van der Waals surface area contributed by atoms with Crippen LogP contribution in [-0.2, 0) is 0 Å². The molecule has 2 fully saturated rings. The van der Waals surface area contributed by atoms with Gasteiger partial charge in [-0.15, -0.1) is 0 Å². The van der Waals surface area contributed by atoms with E-state index in [2.05, 4.69) is 32.2 Å². The summed E-state index contributed by atoms with van der Waals surface area (Å²) in [6, 6.07) is 0. The number of rotatable bonds is 15. The molecular formula is C22H44N2O2S2. The molecule has 2 saturated carbocycles. The molecule has 0 atom stereocenters. The molecule has 0 heterocycles. The summed E-state index contributed by atoms with van der Waals surface area (Å²) in [5.74, 6) is 0. The van der Waals surface area contributed by atoms with Crippen LogP contribution in [0.5, 0.6) is 0 Å². The Morgan fingerprint density at radius 2 is 1.18 bits per heavy atom. The van der Waals surface area contributed by atoms with Crippen LogP contribution >= 0.6 is 21.6 Å². The highest BCUT2D eigenvalue weighted by Gasteiger charge is 2.39. The van der Waals surface area contributed by atoms with E-state index in [1.54, 1.807) is 0 Å². The Kier molecular flexibility index (Phi) is 12.9. The van der Waals surface area contributed by atoms with Crippen LogP contribution in [0.25, 0.3) is 0 Å². The Hall–Kier alpha value is 0.540. The van der Waals surface area contributed by atoms with Gasteiger partial charge in [0.25, 0.3) is 0 Å². The van der Waals surface area contributed by atoms with Gasteiger partial charge in [-0.05, 0) is 71.0 Å². The first kappa shape index (κ1) is 24.8. The molecule has 0 radical (unpaired) electrons. The maximum absolute atomic E-state index is 8.99. The third kappa shape index (κ3) is 9.13. The second kappa shape index (κ2) is 14.5. The van der Waals surface area contributed by atoms with Crippen molar-refractivity contribution < 1.29 is 10.2 Å². The van der Waals surface area contributed by atoms with Crippen LogP contribution in [0.4, 0.5) is 0 Å². The fourth-order valence-electron chi connectivity index (χ4n) is 4.56. The lowest BCUT2D eigenvalue weighted by atomic mass is 9.86. The molecule has 166 valence electrons. The number of aliphatic hydroxyl groups excluding tert-OH is 2. The predicted octanol–water partition coefficient (Wildman–Crippen LogP) is 4.50. The lowest BCUT2D eigenvalue weighted by molar-refractivity contribution is 0.282. The monoisotopic (exact) mass is 432 g/mol. The van der Waals surface area contributed by atoms with Gasteiger partial charge in [0.2, 0.25) is 0 Å². The van der Waals surface area contributed by atoms with Crippen molar-refractivity contribution in [3.05, 3.63) is 0 Å². The van der Waals surface area contributed by atoms with Crippen molar-refractivity contribution in [2.75, 3.05) is 39.4 Å². The molecular weight excluding hydrogens is 388 g/mol. The fourth-order valence-corrected chi connectivity index (χ4v) is 8.65. The second-order valence-electron chi connectivity index (χ2n) is 8.84. The Bertz CT molecular complexity index is 351. The topological polar surface area (TPSA) is 64.5 Å². The summed E-state index contributed by atoms with van der Waals surface area (Å²) in [6.45, 7) is 4.78. The van der Waals surface area contributed by atoms with Gasteiger partial charge in [0.05, 0.1) is 0 Å². The van der Waals surface area contributed by atoms with Crippen LogP contribution in [0, 0.1) is 0 Å². The zero-order chi connectivity index (χ0) is 20.0. The molecule has 0 aromatic heterocycles. The van der Waals surface area contributed by atoms with Crippen molar-refractivity contribution in [3.8, 4) is 0 Å². The Balaban J connectivity index is 1.85. The van der Waals surface area contributed by atoms with Gasteiger partial charge in [-0.3, -0.25) is 0 Å². The zero-order valence-corrected chi connectivity index (χ0v) is 19.5. The first-order valence-electron chi connectivity index (χ1n) is 11.7. The third-order valence-electron chi connectivity index (χ3n) is 6.40. The van der Waals surface area contributed by atoms with E-state index in [4.69, 9.17) is 10.2 Å². The highest BCUT2D eigenvalue weighted by Crippen LogP contribution is 2.55. The van der Waals surface area contributed by atoms with Gasteiger partial charge in [0.15, 0.2) is 0 Å². The highest BCUT2D eigenvalue weighted by atomic mass is 33.1. The molecule has 2 aliphatic rings. The highest BCUT2D eigenvalue weighted by molar-refractivity contribution is 8.77. The van der Waals surface area contributed by atoms with Crippen molar-refractivity contribution in [1.29, 1.82) is 0 Å². The molecule has 4 N–H and O–H groups in total. The van der Waals surface area contributed by atoms with Gasteiger partial charge in [-0.1, -0.05) is 60.1 Å². The molecule has 28 heavy (non-hydrogen) atoms. The van der Waals surface area contributed by atoms with Crippen molar-refractivity contribution in [3.63, 3.8) is 0 Å². The summed E-state index contributed by atoms with van der Waals surface area (Å²) < 4.78 is 0.841. The van der Waals surface area contributed by atoms with Crippen LogP contribution in [0.15, 0.2) is 0 Å². The van der Waals surface area contributed by atoms with Crippen LogP contribution in [0.3, 0.4) is 0 Å². The van der Waals surface area contributed by atoms with E-state index in [1.165, 1.54) is 70.6 Å². The van der Waals surface area contributed by atoms with Crippen LogP contribution < -0.4 is 10.6 Å². The van der Waals surface area contributed by atoms with Gasteiger partial charge in [-0.25, -0.2) is 0 Å². The first-order valence-corrected chi connectivity index (χ1v) is 13.9. The minimum Gasteiger partial charge on any atom is -0.396 e.